The minimum atomic E-state index is 0.192. The van der Waals surface area contributed by atoms with Gasteiger partial charge in [0.2, 0.25) is 0 Å². The van der Waals surface area contributed by atoms with Crippen molar-refractivity contribution >= 4 is 0 Å². The summed E-state index contributed by atoms with van der Waals surface area (Å²) >= 11 is 0. The summed E-state index contributed by atoms with van der Waals surface area (Å²) in [5.41, 5.74) is 6.49. The van der Waals surface area contributed by atoms with E-state index in [1.165, 1.54) is 58.0 Å². The van der Waals surface area contributed by atoms with E-state index < -0.39 is 0 Å². The van der Waals surface area contributed by atoms with Gasteiger partial charge in [0.05, 0.1) is 0 Å². The van der Waals surface area contributed by atoms with Crippen LogP contribution >= 0.6 is 0 Å². The van der Waals surface area contributed by atoms with Crippen LogP contribution < -0.4 is 5.73 Å². The van der Waals surface area contributed by atoms with E-state index in [1.807, 2.05) is 0 Å². The molecule has 0 aromatic rings. The molecule has 0 aliphatic heterocycles. The summed E-state index contributed by atoms with van der Waals surface area (Å²) in [7, 11) is 0. The molecular weight excluding hydrogens is 196 g/mol. The number of rotatable bonds is 8. The molecule has 1 fully saturated rings. The molecule has 96 valence electrons. The quantitative estimate of drug-likeness (QED) is 0.689. The predicted octanol–water partition coefficient (Wildman–Crippen LogP) is 3.16. The van der Waals surface area contributed by atoms with Gasteiger partial charge in [-0.1, -0.05) is 20.3 Å². The fourth-order valence-electron chi connectivity index (χ4n) is 2.42. The topological polar surface area (TPSA) is 29.3 Å². The number of hydrogen-bond donors (Lipinski definition) is 1. The van der Waals surface area contributed by atoms with E-state index in [0.717, 1.165) is 6.04 Å². The van der Waals surface area contributed by atoms with E-state index in [1.54, 1.807) is 0 Å². The van der Waals surface area contributed by atoms with Gasteiger partial charge >= 0.3 is 0 Å². The van der Waals surface area contributed by atoms with Gasteiger partial charge in [-0.3, -0.25) is 0 Å². The zero-order valence-corrected chi connectivity index (χ0v) is 11.5. The van der Waals surface area contributed by atoms with Crippen molar-refractivity contribution in [3.63, 3.8) is 0 Å². The lowest BCUT2D eigenvalue weighted by molar-refractivity contribution is 0.149. The van der Waals surface area contributed by atoms with Gasteiger partial charge in [-0.2, -0.15) is 0 Å². The van der Waals surface area contributed by atoms with Gasteiger partial charge in [-0.25, -0.2) is 0 Å². The summed E-state index contributed by atoms with van der Waals surface area (Å²) in [5, 5.41) is 0. The summed E-state index contributed by atoms with van der Waals surface area (Å²) in [6.07, 6.45) is 8.89. The number of nitrogens with two attached hydrogens (primary N) is 1. The van der Waals surface area contributed by atoms with Crippen molar-refractivity contribution in [2.45, 2.75) is 77.3 Å². The van der Waals surface area contributed by atoms with Crippen molar-refractivity contribution in [1.29, 1.82) is 0 Å². The molecule has 1 rings (SSSR count). The first kappa shape index (κ1) is 14.0. The molecule has 0 spiro atoms. The highest BCUT2D eigenvalue weighted by atomic mass is 15.1. The Labute approximate surface area is 102 Å². The van der Waals surface area contributed by atoms with Crippen LogP contribution in [0.1, 0.15) is 65.7 Å². The average Bonchev–Trinajstić information content (AvgIpc) is 2.26. The highest BCUT2D eigenvalue weighted by molar-refractivity contribution is 4.93. The van der Waals surface area contributed by atoms with Gasteiger partial charge in [0.15, 0.2) is 0 Å². The smallest absolute Gasteiger partial charge is 0.0166 e. The van der Waals surface area contributed by atoms with E-state index in [2.05, 4.69) is 25.7 Å². The molecule has 0 heterocycles. The molecule has 1 saturated carbocycles. The third-order valence-electron chi connectivity index (χ3n) is 4.26. The van der Waals surface area contributed by atoms with Gasteiger partial charge < -0.3 is 10.6 Å². The third kappa shape index (κ3) is 4.06. The third-order valence-corrected chi connectivity index (χ3v) is 4.26. The highest BCUT2D eigenvalue weighted by Gasteiger charge is 2.32. The van der Waals surface area contributed by atoms with Crippen LogP contribution in [0, 0.1) is 0 Å². The molecule has 1 aliphatic rings. The van der Waals surface area contributed by atoms with Crippen LogP contribution in [-0.4, -0.2) is 29.6 Å². The summed E-state index contributed by atoms with van der Waals surface area (Å²) in [4.78, 5) is 2.64. The Morgan fingerprint density at radius 1 is 1.25 bits per heavy atom. The minimum Gasteiger partial charge on any atom is -0.325 e. The Balaban J connectivity index is 2.30. The lowest BCUT2D eigenvalue weighted by Gasteiger charge is -2.40. The molecule has 0 amide bonds. The van der Waals surface area contributed by atoms with Crippen LogP contribution in [0.2, 0.25) is 0 Å². The van der Waals surface area contributed by atoms with E-state index in [-0.39, 0.29) is 5.54 Å². The first-order chi connectivity index (χ1) is 7.61. The molecule has 0 bridgehead atoms. The molecular formula is C14H30N2. The van der Waals surface area contributed by atoms with E-state index >= 15 is 0 Å². The lowest BCUT2D eigenvalue weighted by Crippen LogP contribution is -2.49. The molecule has 16 heavy (non-hydrogen) atoms. The number of nitrogens with zero attached hydrogens (tertiary/aromatic N) is 1. The maximum atomic E-state index is 6.29. The Morgan fingerprint density at radius 3 is 2.38 bits per heavy atom. The standard InChI is InChI=1S/C14H30N2/c1-4-6-11-16(13(3)5-2)12-10-14(15)8-7-9-14/h13H,4-12,15H2,1-3H3. The first-order valence-corrected chi connectivity index (χ1v) is 7.14. The normalized spacial score (nSPS) is 20.8. The Hall–Kier alpha value is -0.0800. The summed E-state index contributed by atoms with van der Waals surface area (Å²) < 4.78 is 0. The molecule has 2 nitrogen and oxygen atoms in total. The van der Waals surface area contributed by atoms with Crippen LogP contribution in [0.5, 0.6) is 0 Å². The minimum absolute atomic E-state index is 0.192. The van der Waals surface area contributed by atoms with E-state index in [9.17, 15) is 0 Å². The average molecular weight is 226 g/mol. The second-order valence-electron chi connectivity index (χ2n) is 5.61. The fraction of sp³-hybridized carbons (Fsp3) is 1.00. The van der Waals surface area contributed by atoms with Crippen LogP contribution in [0.25, 0.3) is 0 Å². The monoisotopic (exact) mass is 226 g/mol. The van der Waals surface area contributed by atoms with Gasteiger partial charge in [0.25, 0.3) is 0 Å². The molecule has 2 N–H and O–H groups in total. The van der Waals surface area contributed by atoms with Gasteiger partial charge in [0, 0.05) is 18.1 Å². The molecule has 0 radical (unpaired) electrons. The maximum Gasteiger partial charge on any atom is 0.0166 e. The Morgan fingerprint density at radius 2 is 1.94 bits per heavy atom. The second kappa shape index (κ2) is 6.61. The van der Waals surface area contributed by atoms with Crippen molar-refractivity contribution in [1.82, 2.24) is 4.90 Å². The van der Waals surface area contributed by atoms with Crippen molar-refractivity contribution in [2.75, 3.05) is 13.1 Å². The van der Waals surface area contributed by atoms with Crippen molar-refractivity contribution < 1.29 is 0 Å². The molecule has 1 unspecified atom stereocenters. The van der Waals surface area contributed by atoms with Crippen molar-refractivity contribution in [3.8, 4) is 0 Å². The Bertz CT molecular complexity index is 187. The number of unbranched alkanes of at least 4 members (excludes halogenated alkanes) is 1. The van der Waals surface area contributed by atoms with Gasteiger partial charge in [-0.05, 0) is 52.0 Å². The number of hydrogen-bond acceptors (Lipinski definition) is 2. The zero-order chi connectivity index (χ0) is 12.0. The van der Waals surface area contributed by atoms with Crippen molar-refractivity contribution in [2.24, 2.45) is 5.73 Å². The predicted molar refractivity (Wildman–Crippen MR) is 71.6 cm³/mol. The van der Waals surface area contributed by atoms with Crippen LogP contribution in [0.15, 0.2) is 0 Å². The molecule has 0 aromatic heterocycles. The zero-order valence-electron chi connectivity index (χ0n) is 11.5. The first-order valence-electron chi connectivity index (χ1n) is 7.14. The van der Waals surface area contributed by atoms with Gasteiger partial charge in [0.1, 0.15) is 0 Å². The summed E-state index contributed by atoms with van der Waals surface area (Å²) in [5.74, 6) is 0. The van der Waals surface area contributed by atoms with Crippen LogP contribution in [0.3, 0.4) is 0 Å². The second-order valence-corrected chi connectivity index (χ2v) is 5.61. The summed E-state index contributed by atoms with van der Waals surface area (Å²) in [6.45, 7) is 9.35. The van der Waals surface area contributed by atoms with Crippen LogP contribution in [0.4, 0.5) is 0 Å². The van der Waals surface area contributed by atoms with E-state index in [4.69, 9.17) is 5.73 Å². The van der Waals surface area contributed by atoms with Crippen LogP contribution in [-0.2, 0) is 0 Å². The SMILES string of the molecule is CCCCN(CCC1(N)CCC1)C(C)CC. The molecule has 0 saturated heterocycles. The van der Waals surface area contributed by atoms with Gasteiger partial charge in [-0.15, -0.1) is 0 Å². The summed E-state index contributed by atoms with van der Waals surface area (Å²) in [6, 6.07) is 0.718. The molecule has 1 aliphatic carbocycles. The van der Waals surface area contributed by atoms with Crippen molar-refractivity contribution in [3.05, 3.63) is 0 Å². The lowest BCUT2D eigenvalue weighted by atomic mass is 9.75. The molecule has 2 heteroatoms. The molecule has 0 aromatic carbocycles. The highest BCUT2D eigenvalue weighted by Crippen LogP contribution is 2.32. The molecule has 1 atom stereocenters. The Kier molecular flexibility index (Phi) is 5.77. The van der Waals surface area contributed by atoms with E-state index in [0.29, 0.717) is 0 Å². The largest absolute Gasteiger partial charge is 0.325 e. The maximum absolute atomic E-state index is 6.29. The fourth-order valence-corrected chi connectivity index (χ4v) is 2.42.